The van der Waals surface area contributed by atoms with Crippen molar-refractivity contribution in [2.45, 2.75) is 18.9 Å². The molecule has 21 heavy (non-hydrogen) atoms. The third-order valence-corrected chi connectivity index (χ3v) is 3.99. The summed E-state index contributed by atoms with van der Waals surface area (Å²) in [4.78, 5) is 25.7. The van der Waals surface area contributed by atoms with E-state index in [-0.39, 0.29) is 11.3 Å². The van der Waals surface area contributed by atoms with Crippen LogP contribution in [0.1, 0.15) is 23.2 Å². The van der Waals surface area contributed by atoms with Crippen molar-refractivity contribution in [3.63, 3.8) is 0 Å². The Morgan fingerprint density at radius 2 is 2.29 bits per heavy atom. The standard InChI is InChI=1S/C14H19N3O4/c1-15-7-3-4-11(15)9-16(2)13-8-10(14(18)19)5-6-12(13)17(20)21/h5-6,8,11H,3-4,7,9H2,1-2H3,(H,18,19). The second-order valence-corrected chi connectivity index (χ2v) is 5.42. The fourth-order valence-electron chi connectivity index (χ4n) is 2.74. The Morgan fingerprint density at radius 3 is 2.81 bits per heavy atom. The van der Waals surface area contributed by atoms with Crippen LogP contribution in [0.25, 0.3) is 0 Å². The molecule has 0 saturated carbocycles. The Hall–Kier alpha value is -2.15. The molecule has 1 unspecified atom stereocenters. The van der Waals surface area contributed by atoms with Gasteiger partial charge in [-0.05, 0) is 38.6 Å². The van der Waals surface area contributed by atoms with Crippen LogP contribution in [-0.4, -0.2) is 54.1 Å². The molecule has 1 heterocycles. The van der Waals surface area contributed by atoms with Crippen LogP contribution in [0, 0.1) is 10.1 Å². The maximum absolute atomic E-state index is 11.1. The van der Waals surface area contributed by atoms with Gasteiger partial charge in [0.1, 0.15) is 5.69 Å². The zero-order valence-electron chi connectivity index (χ0n) is 12.2. The molecule has 114 valence electrons. The van der Waals surface area contributed by atoms with Gasteiger partial charge in [0.15, 0.2) is 0 Å². The Kier molecular flexibility index (Phi) is 4.42. The summed E-state index contributed by atoms with van der Waals surface area (Å²) in [5.74, 6) is -1.09. The van der Waals surface area contributed by atoms with Crippen LogP contribution in [0.3, 0.4) is 0 Å². The molecule has 1 aromatic carbocycles. The molecule has 7 nitrogen and oxygen atoms in total. The second kappa shape index (κ2) is 6.09. The number of benzene rings is 1. The summed E-state index contributed by atoms with van der Waals surface area (Å²) in [6.07, 6.45) is 2.17. The van der Waals surface area contributed by atoms with Crippen molar-refractivity contribution < 1.29 is 14.8 Å². The van der Waals surface area contributed by atoms with Gasteiger partial charge >= 0.3 is 5.97 Å². The van der Waals surface area contributed by atoms with Gasteiger partial charge in [-0.3, -0.25) is 10.1 Å². The highest BCUT2D eigenvalue weighted by Gasteiger charge is 2.25. The number of carboxylic acids is 1. The van der Waals surface area contributed by atoms with Crippen LogP contribution in [0.2, 0.25) is 0 Å². The number of likely N-dealkylation sites (tertiary alicyclic amines) is 1. The van der Waals surface area contributed by atoms with E-state index in [4.69, 9.17) is 5.11 Å². The molecule has 0 amide bonds. The normalized spacial score (nSPS) is 18.7. The number of carbonyl (C=O) groups is 1. The van der Waals surface area contributed by atoms with Crippen molar-refractivity contribution >= 4 is 17.3 Å². The molecule has 0 spiro atoms. The number of nitrogens with zero attached hydrogens (tertiary/aromatic N) is 3. The van der Waals surface area contributed by atoms with Gasteiger partial charge in [-0.15, -0.1) is 0 Å². The number of hydrogen-bond donors (Lipinski definition) is 1. The molecule has 1 aliphatic heterocycles. The number of likely N-dealkylation sites (N-methyl/N-ethyl adjacent to an activating group) is 2. The van der Waals surface area contributed by atoms with Crippen LogP contribution in [0.4, 0.5) is 11.4 Å². The predicted octanol–water partition coefficient (Wildman–Crippen LogP) is 1.82. The minimum Gasteiger partial charge on any atom is -0.478 e. The summed E-state index contributed by atoms with van der Waals surface area (Å²) in [5.41, 5.74) is 0.338. The topological polar surface area (TPSA) is 86.9 Å². The maximum atomic E-state index is 11.1. The van der Waals surface area contributed by atoms with Crippen molar-refractivity contribution in [2.24, 2.45) is 0 Å². The zero-order chi connectivity index (χ0) is 15.6. The van der Waals surface area contributed by atoms with E-state index < -0.39 is 10.9 Å². The fraction of sp³-hybridized carbons (Fsp3) is 0.500. The minimum absolute atomic E-state index is 0.0576. The van der Waals surface area contributed by atoms with E-state index in [0.29, 0.717) is 18.3 Å². The van der Waals surface area contributed by atoms with E-state index in [9.17, 15) is 14.9 Å². The lowest BCUT2D eigenvalue weighted by atomic mass is 10.1. The Morgan fingerprint density at radius 1 is 1.57 bits per heavy atom. The first-order valence-electron chi connectivity index (χ1n) is 6.83. The summed E-state index contributed by atoms with van der Waals surface area (Å²) in [5, 5.41) is 20.2. The molecule has 1 aromatic rings. The van der Waals surface area contributed by atoms with Gasteiger partial charge < -0.3 is 14.9 Å². The molecule has 1 aliphatic rings. The lowest BCUT2D eigenvalue weighted by Crippen LogP contribution is -2.36. The third kappa shape index (κ3) is 3.30. The summed E-state index contributed by atoms with van der Waals surface area (Å²) < 4.78 is 0. The molecule has 1 saturated heterocycles. The van der Waals surface area contributed by atoms with Gasteiger partial charge in [0.25, 0.3) is 5.69 Å². The molecule has 0 bridgehead atoms. The third-order valence-electron chi connectivity index (χ3n) is 3.99. The highest BCUT2D eigenvalue weighted by Crippen LogP contribution is 2.29. The van der Waals surface area contributed by atoms with Crippen LogP contribution in [0.5, 0.6) is 0 Å². The van der Waals surface area contributed by atoms with E-state index in [2.05, 4.69) is 4.90 Å². The van der Waals surface area contributed by atoms with Gasteiger partial charge in [-0.2, -0.15) is 0 Å². The molecule has 0 radical (unpaired) electrons. The van der Waals surface area contributed by atoms with Crippen LogP contribution >= 0.6 is 0 Å². The predicted molar refractivity (Wildman–Crippen MR) is 79.0 cm³/mol. The Bertz CT molecular complexity index is 561. The van der Waals surface area contributed by atoms with E-state index in [0.717, 1.165) is 19.4 Å². The number of nitro benzene ring substituents is 1. The first-order chi connectivity index (χ1) is 9.90. The average molecular weight is 293 g/mol. The number of rotatable bonds is 5. The molecule has 7 heteroatoms. The van der Waals surface area contributed by atoms with E-state index >= 15 is 0 Å². The molecule has 0 aromatic heterocycles. The van der Waals surface area contributed by atoms with Crippen molar-refractivity contribution in [3.8, 4) is 0 Å². The lowest BCUT2D eigenvalue weighted by molar-refractivity contribution is -0.384. The largest absolute Gasteiger partial charge is 0.478 e. The maximum Gasteiger partial charge on any atom is 0.335 e. The zero-order valence-corrected chi connectivity index (χ0v) is 12.2. The van der Waals surface area contributed by atoms with Crippen molar-refractivity contribution in [3.05, 3.63) is 33.9 Å². The van der Waals surface area contributed by atoms with Gasteiger partial charge in [0.2, 0.25) is 0 Å². The first kappa shape index (κ1) is 15.2. The van der Waals surface area contributed by atoms with Gasteiger partial charge in [-0.25, -0.2) is 4.79 Å². The molecule has 1 fully saturated rings. The number of aromatic carboxylic acids is 1. The molecular formula is C14H19N3O4. The lowest BCUT2D eigenvalue weighted by Gasteiger charge is -2.27. The molecule has 0 aliphatic carbocycles. The van der Waals surface area contributed by atoms with Crippen LogP contribution in [0.15, 0.2) is 18.2 Å². The summed E-state index contributed by atoms with van der Waals surface area (Å²) in [6.45, 7) is 1.66. The minimum atomic E-state index is -1.09. The van der Waals surface area contributed by atoms with Gasteiger partial charge in [-0.1, -0.05) is 0 Å². The van der Waals surface area contributed by atoms with Crippen molar-refractivity contribution in [1.29, 1.82) is 0 Å². The van der Waals surface area contributed by atoms with Crippen LogP contribution < -0.4 is 4.90 Å². The number of hydrogen-bond acceptors (Lipinski definition) is 5. The summed E-state index contributed by atoms with van der Waals surface area (Å²) in [6, 6.07) is 4.23. The van der Waals surface area contributed by atoms with E-state index in [1.807, 2.05) is 7.05 Å². The highest BCUT2D eigenvalue weighted by atomic mass is 16.6. The Labute approximate surface area is 122 Å². The Balaban J connectivity index is 2.28. The monoisotopic (exact) mass is 293 g/mol. The smallest absolute Gasteiger partial charge is 0.335 e. The number of anilines is 1. The number of nitro groups is 1. The summed E-state index contributed by atoms with van der Waals surface area (Å²) in [7, 11) is 3.80. The van der Waals surface area contributed by atoms with Gasteiger partial charge in [0.05, 0.1) is 10.5 Å². The van der Waals surface area contributed by atoms with Gasteiger partial charge in [0, 0.05) is 25.7 Å². The SMILES string of the molecule is CN(CC1CCCN1C)c1cc(C(=O)O)ccc1[N+](=O)[O-]. The fourth-order valence-corrected chi connectivity index (χ4v) is 2.74. The molecular weight excluding hydrogens is 274 g/mol. The first-order valence-corrected chi connectivity index (χ1v) is 6.83. The molecule has 1 N–H and O–H groups in total. The highest BCUT2D eigenvalue weighted by molar-refractivity contribution is 5.90. The van der Waals surface area contributed by atoms with E-state index in [1.165, 1.54) is 18.2 Å². The van der Waals surface area contributed by atoms with Crippen LogP contribution in [-0.2, 0) is 0 Å². The summed E-state index contributed by atoms with van der Waals surface area (Å²) >= 11 is 0. The van der Waals surface area contributed by atoms with E-state index in [1.54, 1.807) is 11.9 Å². The average Bonchev–Trinajstić information content (AvgIpc) is 2.83. The van der Waals surface area contributed by atoms with Crippen molar-refractivity contribution in [2.75, 3.05) is 32.1 Å². The second-order valence-electron chi connectivity index (χ2n) is 5.42. The molecule has 2 rings (SSSR count). The van der Waals surface area contributed by atoms with Crippen molar-refractivity contribution in [1.82, 2.24) is 4.90 Å². The molecule has 1 atom stereocenters. The quantitative estimate of drug-likeness (QED) is 0.658. The number of carboxylic acid groups (broad SMARTS) is 1.